The van der Waals surface area contributed by atoms with Crippen molar-refractivity contribution in [2.75, 3.05) is 0 Å². The zero-order chi connectivity index (χ0) is 9.42. The first-order chi connectivity index (χ1) is 6.18. The maximum Gasteiger partial charge on any atom is 0.371 e. The van der Waals surface area contributed by atoms with E-state index in [1.54, 1.807) is 0 Å². The van der Waals surface area contributed by atoms with Gasteiger partial charge in [0.1, 0.15) is 16.4 Å². The average molecular weight is 243 g/mol. The van der Waals surface area contributed by atoms with E-state index in [-0.39, 0.29) is 5.82 Å². The van der Waals surface area contributed by atoms with Gasteiger partial charge in [-0.1, -0.05) is 0 Å². The van der Waals surface area contributed by atoms with Crippen LogP contribution in [0.15, 0.2) is 10.9 Å². The molecule has 2 rings (SSSR count). The number of carbonyl (C=O) groups is 1. The number of imidazole rings is 1. The number of aromatic nitrogens is 4. The summed E-state index contributed by atoms with van der Waals surface area (Å²) in [7, 11) is 0. The predicted octanol–water partition coefficient (Wildman–Crippen LogP) is 0.814. The molecular weight excluding hydrogens is 240 g/mol. The van der Waals surface area contributed by atoms with Crippen LogP contribution in [0.1, 0.15) is 10.6 Å². The van der Waals surface area contributed by atoms with Crippen molar-refractivity contribution in [3.05, 3.63) is 16.8 Å². The van der Waals surface area contributed by atoms with Gasteiger partial charge in [-0.2, -0.15) is 0 Å². The van der Waals surface area contributed by atoms with Crippen LogP contribution in [0.2, 0.25) is 0 Å². The number of hydrogen-bond acceptors (Lipinski definition) is 4. The standard InChI is InChI=1S/C6H3BrN4O2/c7-3-2-4(9-1-8-3)11-5(10-2)6(12)13/h1H,(H,12,13)(H,8,9,10,11). The molecule has 0 saturated heterocycles. The summed E-state index contributed by atoms with van der Waals surface area (Å²) in [5.41, 5.74) is 0.819. The normalized spacial score (nSPS) is 10.5. The van der Waals surface area contributed by atoms with Crippen molar-refractivity contribution < 1.29 is 9.90 Å². The van der Waals surface area contributed by atoms with Crippen molar-refractivity contribution >= 4 is 33.1 Å². The van der Waals surface area contributed by atoms with Gasteiger partial charge in [-0.25, -0.2) is 19.7 Å². The van der Waals surface area contributed by atoms with Gasteiger partial charge in [-0.3, -0.25) is 0 Å². The van der Waals surface area contributed by atoms with Crippen molar-refractivity contribution in [2.24, 2.45) is 0 Å². The fraction of sp³-hybridized carbons (Fsp3) is 0. The van der Waals surface area contributed by atoms with Gasteiger partial charge in [0, 0.05) is 0 Å². The molecule has 7 heteroatoms. The summed E-state index contributed by atoms with van der Waals surface area (Å²) in [4.78, 5) is 24.5. The van der Waals surface area contributed by atoms with Gasteiger partial charge in [0.15, 0.2) is 5.65 Å². The minimum Gasteiger partial charge on any atom is -0.475 e. The summed E-state index contributed by atoms with van der Waals surface area (Å²) in [6.07, 6.45) is 1.30. The first-order valence-corrected chi connectivity index (χ1v) is 4.07. The topological polar surface area (TPSA) is 91.8 Å². The van der Waals surface area contributed by atoms with Crippen LogP contribution in [0.5, 0.6) is 0 Å². The van der Waals surface area contributed by atoms with E-state index in [9.17, 15) is 4.79 Å². The van der Waals surface area contributed by atoms with Gasteiger partial charge in [0.25, 0.3) is 0 Å². The summed E-state index contributed by atoms with van der Waals surface area (Å²) in [5, 5.41) is 8.62. The SMILES string of the molecule is O=C(O)c1nc2ncnc(Br)c2[nH]1. The lowest BCUT2D eigenvalue weighted by Crippen LogP contribution is -1.97. The van der Waals surface area contributed by atoms with Crippen LogP contribution in [-0.2, 0) is 0 Å². The first kappa shape index (κ1) is 8.11. The number of H-pyrrole nitrogens is 1. The molecule has 0 aliphatic carbocycles. The Kier molecular flexibility index (Phi) is 1.73. The Hall–Kier alpha value is -1.50. The molecule has 2 heterocycles. The number of carboxylic acids is 1. The molecule has 2 N–H and O–H groups in total. The van der Waals surface area contributed by atoms with E-state index in [0.717, 1.165) is 0 Å². The molecule has 0 radical (unpaired) electrons. The zero-order valence-electron chi connectivity index (χ0n) is 6.15. The van der Waals surface area contributed by atoms with Crippen molar-refractivity contribution in [3.8, 4) is 0 Å². The second-order valence-electron chi connectivity index (χ2n) is 2.25. The predicted molar refractivity (Wildman–Crippen MR) is 46.3 cm³/mol. The van der Waals surface area contributed by atoms with Crippen molar-refractivity contribution in [1.82, 2.24) is 19.9 Å². The number of rotatable bonds is 1. The highest BCUT2D eigenvalue weighted by atomic mass is 79.9. The van der Waals surface area contributed by atoms with Crippen LogP contribution in [0.25, 0.3) is 11.2 Å². The van der Waals surface area contributed by atoms with E-state index in [0.29, 0.717) is 15.8 Å². The van der Waals surface area contributed by atoms with Gasteiger partial charge < -0.3 is 10.1 Å². The molecule has 13 heavy (non-hydrogen) atoms. The second kappa shape index (κ2) is 2.77. The lowest BCUT2D eigenvalue weighted by atomic mass is 10.6. The van der Waals surface area contributed by atoms with Crippen LogP contribution in [0, 0.1) is 0 Å². The number of halogens is 1. The summed E-state index contributed by atoms with van der Waals surface area (Å²) in [6.45, 7) is 0. The number of aromatic amines is 1. The Bertz CT molecular complexity index is 480. The molecule has 0 aliphatic rings. The quantitative estimate of drug-likeness (QED) is 0.723. The monoisotopic (exact) mass is 242 g/mol. The molecule has 0 spiro atoms. The molecule has 0 fully saturated rings. The van der Waals surface area contributed by atoms with E-state index < -0.39 is 5.97 Å². The van der Waals surface area contributed by atoms with Crippen LogP contribution < -0.4 is 0 Å². The van der Waals surface area contributed by atoms with E-state index in [4.69, 9.17) is 5.11 Å². The lowest BCUT2D eigenvalue weighted by Gasteiger charge is -1.87. The van der Waals surface area contributed by atoms with Gasteiger partial charge in [0.05, 0.1) is 0 Å². The summed E-state index contributed by atoms with van der Waals surface area (Å²) >= 11 is 3.14. The summed E-state index contributed by atoms with van der Waals surface area (Å²) < 4.78 is 0.498. The number of aromatic carboxylic acids is 1. The largest absolute Gasteiger partial charge is 0.475 e. The fourth-order valence-corrected chi connectivity index (χ4v) is 1.27. The van der Waals surface area contributed by atoms with Gasteiger partial charge in [-0.05, 0) is 15.9 Å². The van der Waals surface area contributed by atoms with E-state index in [2.05, 4.69) is 35.9 Å². The highest BCUT2D eigenvalue weighted by Gasteiger charge is 2.11. The van der Waals surface area contributed by atoms with Crippen molar-refractivity contribution in [2.45, 2.75) is 0 Å². The molecule has 0 aliphatic heterocycles. The van der Waals surface area contributed by atoms with Crippen LogP contribution in [0.4, 0.5) is 0 Å². The number of hydrogen-bond donors (Lipinski definition) is 2. The Morgan fingerprint density at radius 3 is 2.92 bits per heavy atom. The third-order valence-electron chi connectivity index (χ3n) is 1.44. The minimum atomic E-state index is -1.12. The highest BCUT2D eigenvalue weighted by molar-refractivity contribution is 9.10. The molecule has 6 nitrogen and oxygen atoms in total. The summed E-state index contributed by atoms with van der Waals surface area (Å²) in [6, 6.07) is 0. The number of carboxylic acid groups (broad SMARTS) is 1. The first-order valence-electron chi connectivity index (χ1n) is 3.28. The zero-order valence-corrected chi connectivity index (χ0v) is 7.74. The van der Waals surface area contributed by atoms with E-state index in [1.165, 1.54) is 6.33 Å². The Morgan fingerprint density at radius 1 is 1.54 bits per heavy atom. The Morgan fingerprint density at radius 2 is 2.31 bits per heavy atom. The van der Waals surface area contributed by atoms with Crippen LogP contribution in [0.3, 0.4) is 0 Å². The Balaban J connectivity index is 2.75. The van der Waals surface area contributed by atoms with E-state index in [1.807, 2.05) is 0 Å². The number of fused-ring (bicyclic) bond motifs is 1. The van der Waals surface area contributed by atoms with Crippen LogP contribution >= 0.6 is 15.9 Å². The molecule has 0 aromatic carbocycles. The van der Waals surface area contributed by atoms with Gasteiger partial charge >= 0.3 is 5.97 Å². The van der Waals surface area contributed by atoms with E-state index >= 15 is 0 Å². The Labute approximate surface area is 80.2 Å². The third-order valence-corrected chi connectivity index (χ3v) is 2.05. The minimum absolute atomic E-state index is 0.142. The van der Waals surface area contributed by atoms with Gasteiger partial charge in [0.2, 0.25) is 5.82 Å². The molecular formula is C6H3BrN4O2. The maximum atomic E-state index is 10.5. The lowest BCUT2D eigenvalue weighted by molar-refractivity contribution is 0.0685. The molecule has 0 saturated carbocycles. The second-order valence-corrected chi connectivity index (χ2v) is 3.00. The van der Waals surface area contributed by atoms with Crippen LogP contribution in [-0.4, -0.2) is 31.0 Å². The number of nitrogens with one attached hydrogen (secondary N) is 1. The number of nitrogens with zero attached hydrogens (tertiary/aromatic N) is 3. The molecule has 66 valence electrons. The fourth-order valence-electron chi connectivity index (χ4n) is 0.901. The molecule has 0 bridgehead atoms. The molecule has 0 amide bonds. The molecule has 0 unspecified atom stereocenters. The smallest absolute Gasteiger partial charge is 0.371 e. The van der Waals surface area contributed by atoms with Gasteiger partial charge in [-0.15, -0.1) is 0 Å². The average Bonchev–Trinajstić information content (AvgIpc) is 2.49. The molecule has 2 aromatic rings. The molecule has 2 aromatic heterocycles. The third kappa shape index (κ3) is 1.26. The maximum absolute atomic E-state index is 10.5. The highest BCUT2D eigenvalue weighted by Crippen LogP contribution is 2.16. The van der Waals surface area contributed by atoms with Crippen molar-refractivity contribution in [3.63, 3.8) is 0 Å². The summed E-state index contributed by atoms with van der Waals surface area (Å²) in [5.74, 6) is -1.26. The van der Waals surface area contributed by atoms with Crippen molar-refractivity contribution in [1.29, 1.82) is 0 Å². The molecule has 0 atom stereocenters.